The summed E-state index contributed by atoms with van der Waals surface area (Å²) in [5, 5.41) is 0. The third-order valence-corrected chi connectivity index (χ3v) is 2.65. The molecule has 5 heteroatoms. The summed E-state index contributed by atoms with van der Waals surface area (Å²) in [6.07, 6.45) is 2.47. The maximum absolute atomic E-state index is 11.0. The molecule has 0 aromatic carbocycles. The van der Waals surface area contributed by atoms with Crippen molar-refractivity contribution in [3.05, 3.63) is 17.7 Å². The van der Waals surface area contributed by atoms with Crippen molar-refractivity contribution in [1.82, 2.24) is 8.96 Å². The first-order valence-electron chi connectivity index (χ1n) is 3.14. The molecule has 0 radical (unpaired) electrons. The van der Waals surface area contributed by atoms with Crippen molar-refractivity contribution in [1.29, 1.82) is 0 Å². The molecule has 0 aliphatic carbocycles. The van der Waals surface area contributed by atoms with Gasteiger partial charge in [-0.2, -0.15) is 0 Å². The molecule has 11 heavy (non-hydrogen) atoms. The van der Waals surface area contributed by atoms with Crippen molar-refractivity contribution in [2.75, 3.05) is 6.26 Å². The Bertz CT molecular complexity index is 364. The molecule has 0 aliphatic heterocycles. The van der Waals surface area contributed by atoms with E-state index in [1.54, 1.807) is 13.8 Å². The van der Waals surface area contributed by atoms with Crippen LogP contribution in [-0.4, -0.2) is 23.6 Å². The van der Waals surface area contributed by atoms with Gasteiger partial charge in [0.25, 0.3) is 0 Å². The standard InChI is InChI=1S/C6H10N2O2S/c1-5-6(2)8(4-7-5)11(3,9)10/h4H,1-3H3. The molecule has 0 N–H and O–H groups in total. The van der Waals surface area contributed by atoms with E-state index in [1.165, 1.54) is 10.3 Å². The van der Waals surface area contributed by atoms with Gasteiger partial charge in [0, 0.05) is 0 Å². The first-order chi connectivity index (χ1) is 4.93. The Balaban J connectivity index is 3.38. The van der Waals surface area contributed by atoms with Gasteiger partial charge < -0.3 is 0 Å². The maximum Gasteiger partial charge on any atom is 0.237 e. The van der Waals surface area contributed by atoms with Gasteiger partial charge in [0.05, 0.1) is 17.6 Å². The number of rotatable bonds is 1. The number of nitrogens with zero attached hydrogens (tertiary/aromatic N) is 2. The van der Waals surface area contributed by atoms with Crippen molar-refractivity contribution >= 4 is 10.0 Å². The Hall–Kier alpha value is -0.840. The molecule has 0 unspecified atom stereocenters. The second kappa shape index (κ2) is 2.34. The molecular weight excluding hydrogens is 164 g/mol. The highest BCUT2D eigenvalue weighted by atomic mass is 32.2. The lowest BCUT2D eigenvalue weighted by Gasteiger charge is -1.99. The predicted octanol–water partition coefficient (Wildman–Crippen LogP) is 0.308. The minimum Gasteiger partial charge on any atom is -0.241 e. The van der Waals surface area contributed by atoms with Crippen LogP contribution < -0.4 is 0 Å². The normalized spacial score (nSPS) is 11.9. The van der Waals surface area contributed by atoms with E-state index in [0.717, 1.165) is 11.9 Å². The summed E-state index contributed by atoms with van der Waals surface area (Å²) in [5.41, 5.74) is 1.42. The molecule has 0 saturated heterocycles. The van der Waals surface area contributed by atoms with E-state index in [0.29, 0.717) is 5.69 Å². The van der Waals surface area contributed by atoms with Crippen LogP contribution in [0.4, 0.5) is 0 Å². The summed E-state index contributed by atoms with van der Waals surface area (Å²) in [6, 6.07) is 0. The van der Waals surface area contributed by atoms with E-state index >= 15 is 0 Å². The lowest BCUT2D eigenvalue weighted by atomic mass is 10.4. The molecule has 0 amide bonds. The summed E-state index contributed by atoms with van der Waals surface area (Å²) in [4.78, 5) is 3.87. The Morgan fingerprint density at radius 3 is 2.18 bits per heavy atom. The number of aryl methyl sites for hydroxylation is 1. The second-order valence-corrected chi connectivity index (χ2v) is 4.33. The smallest absolute Gasteiger partial charge is 0.237 e. The van der Waals surface area contributed by atoms with Crippen LogP contribution in [0.5, 0.6) is 0 Å². The molecule has 1 rings (SSSR count). The van der Waals surface area contributed by atoms with Crippen LogP contribution in [0, 0.1) is 13.8 Å². The summed E-state index contributed by atoms with van der Waals surface area (Å²) >= 11 is 0. The number of imidazole rings is 1. The monoisotopic (exact) mass is 174 g/mol. The average Bonchev–Trinajstić information content (AvgIpc) is 2.11. The van der Waals surface area contributed by atoms with Crippen molar-refractivity contribution < 1.29 is 8.42 Å². The molecule has 1 heterocycles. The minimum absolute atomic E-state index is 0.674. The van der Waals surface area contributed by atoms with E-state index in [1.807, 2.05) is 0 Å². The lowest BCUT2D eigenvalue weighted by Crippen LogP contribution is -2.10. The predicted molar refractivity (Wildman–Crippen MR) is 41.9 cm³/mol. The molecular formula is C6H10N2O2S. The molecule has 0 bridgehead atoms. The molecule has 1 aromatic rings. The van der Waals surface area contributed by atoms with Crippen LogP contribution in [-0.2, 0) is 10.0 Å². The second-order valence-electron chi connectivity index (χ2n) is 2.47. The topological polar surface area (TPSA) is 52.0 Å². The van der Waals surface area contributed by atoms with Gasteiger partial charge in [-0.15, -0.1) is 0 Å². The number of aromatic nitrogens is 2. The Morgan fingerprint density at radius 2 is 2.00 bits per heavy atom. The third kappa shape index (κ3) is 1.42. The Labute approximate surface area is 65.9 Å². The molecule has 0 saturated carbocycles. The zero-order valence-electron chi connectivity index (χ0n) is 6.70. The van der Waals surface area contributed by atoms with Crippen molar-refractivity contribution in [2.45, 2.75) is 13.8 Å². The Morgan fingerprint density at radius 1 is 1.45 bits per heavy atom. The third-order valence-electron chi connectivity index (χ3n) is 1.57. The SMILES string of the molecule is Cc1ncn(S(C)(=O)=O)c1C. The highest BCUT2D eigenvalue weighted by Crippen LogP contribution is 2.05. The van der Waals surface area contributed by atoms with Gasteiger partial charge in [0.1, 0.15) is 6.33 Å². The molecule has 0 spiro atoms. The van der Waals surface area contributed by atoms with Gasteiger partial charge in [0.15, 0.2) is 0 Å². The maximum atomic E-state index is 11.0. The van der Waals surface area contributed by atoms with Gasteiger partial charge in [-0.05, 0) is 13.8 Å². The van der Waals surface area contributed by atoms with Crippen LogP contribution in [0.1, 0.15) is 11.4 Å². The summed E-state index contributed by atoms with van der Waals surface area (Å²) < 4.78 is 23.1. The van der Waals surface area contributed by atoms with Crippen molar-refractivity contribution in [3.8, 4) is 0 Å². The van der Waals surface area contributed by atoms with E-state index < -0.39 is 10.0 Å². The highest BCUT2D eigenvalue weighted by molar-refractivity contribution is 7.89. The largest absolute Gasteiger partial charge is 0.241 e. The fourth-order valence-electron chi connectivity index (χ4n) is 0.813. The minimum atomic E-state index is -3.16. The molecule has 0 atom stereocenters. The molecule has 0 aliphatic rings. The van der Waals surface area contributed by atoms with Crippen molar-refractivity contribution in [2.24, 2.45) is 0 Å². The molecule has 62 valence electrons. The Kier molecular flexibility index (Phi) is 1.75. The van der Waals surface area contributed by atoms with Crippen molar-refractivity contribution in [3.63, 3.8) is 0 Å². The van der Waals surface area contributed by atoms with E-state index in [2.05, 4.69) is 4.98 Å². The summed E-state index contributed by atoms with van der Waals surface area (Å²) in [5.74, 6) is 0. The summed E-state index contributed by atoms with van der Waals surface area (Å²) in [7, 11) is -3.16. The fraction of sp³-hybridized carbons (Fsp3) is 0.500. The molecule has 0 fully saturated rings. The van der Waals surface area contributed by atoms with Crippen LogP contribution in [0.2, 0.25) is 0 Å². The zero-order chi connectivity index (χ0) is 8.65. The van der Waals surface area contributed by atoms with Gasteiger partial charge in [-0.3, -0.25) is 0 Å². The first kappa shape index (κ1) is 8.26. The van der Waals surface area contributed by atoms with Crippen LogP contribution in [0.3, 0.4) is 0 Å². The average molecular weight is 174 g/mol. The van der Waals surface area contributed by atoms with E-state index in [9.17, 15) is 8.42 Å². The van der Waals surface area contributed by atoms with E-state index in [-0.39, 0.29) is 0 Å². The first-order valence-corrected chi connectivity index (χ1v) is 4.99. The van der Waals surface area contributed by atoms with Gasteiger partial charge in [0.2, 0.25) is 10.0 Å². The molecule has 4 nitrogen and oxygen atoms in total. The van der Waals surface area contributed by atoms with Gasteiger partial charge in [-0.1, -0.05) is 0 Å². The van der Waals surface area contributed by atoms with Gasteiger partial charge in [-0.25, -0.2) is 17.4 Å². The van der Waals surface area contributed by atoms with E-state index in [4.69, 9.17) is 0 Å². The quantitative estimate of drug-likeness (QED) is 0.615. The van der Waals surface area contributed by atoms with Crippen LogP contribution in [0.15, 0.2) is 6.33 Å². The number of hydrogen-bond donors (Lipinski definition) is 0. The number of hydrogen-bond acceptors (Lipinski definition) is 3. The zero-order valence-corrected chi connectivity index (χ0v) is 7.51. The fourth-order valence-corrected chi connectivity index (χ4v) is 1.66. The summed E-state index contributed by atoms with van der Waals surface area (Å²) in [6.45, 7) is 3.50. The van der Waals surface area contributed by atoms with Crippen LogP contribution >= 0.6 is 0 Å². The molecule has 1 aromatic heterocycles. The lowest BCUT2D eigenvalue weighted by molar-refractivity contribution is 0.592. The van der Waals surface area contributed by atoms with Gasteiger partial charge >= 0.3 is 0 Å². The highest BCUT2D eigenvalue weighted by Gasteiger charge is 2.09. The van der Waals surface area contributed by atoms with Crippen LogP contribution in [0.25, 0.3) is 0 Å².